The highest BCUT2D eigenvalue weighted by Crippen LogP contribution is 2.33. The largest absolute Gasteiger partial charge is 0.497 e. The molecule has 2 heterocycles. The molecule has 0 amide bonds. The van der Waals surface area contributed by atoms with Gasteiger partial charge in [0.1, 0.15) is 11.6 Å². The SMILES string of the molecule is CCOC(=O)c1nc(Nc2cccc(OC)c2)c2c(C)c(C)n(-c3ccccc3)c2n1. The van der Waals surface area contributed by atoms with Crippen LogP contribution in [0.4, 0.5) is 11.5 Å². The second-order valence-electron chi connectivity index (χ2n) is 7.05. The van der Waals surface area contributed by atoms with Crippen molar-refractivity contribution in [1.82, 2.24) is 14.5 Å². The molecule has 7 nitrogen and oxygen atoms in total. The minimum atomic E-state index is -0.561. The van der Waals surface area contributed by atoms with Crippen LogP contribution in [0.2, 0.25) is 0 Å². The van der Waals surface area contributed by atoms with E-state index in [1.54, 1.807) is 14.0 Å². The molecule has 0 aliphatic carbocycles. The number of esters is 1. The molecule has 0 atom stereocenters. The summed E-state index contributed by atoms with van der Waals surface area (Å²) in [5.41, 5.74) is 4.44. The topological polar surface area (TPSA) is 78.3 Å². The number of hydrogen-bond acceptors (Lipinski definition) is 6. The maximum atomic E-state index is 12.5. The fourth-order valence-electron chi connectivity index (χ4n) is 3.57. The van der Waals surface area contributed by atoms with Gasteiger partial charge in [0, 0.05) is 23.1 Å². The number of aryl methyl sites for hydroxylation is 1. The van der Waals surface area contributed by atoms with Gasteiger partial charge in [-0.3, -0.25) is 4.57 Å². The van der Waals surface area contributed by atoms with Gasteiger partial charge in [0.25, 0.3) is 0 Å². The second kappa shape index (κ2) is 8.47. The first-order valence-electron chi connectivity index (χ1n) is 10.1. The third-order valence-corrected chi connectivity index (χ3v) is 5.16. The van der Waals surface area contributed by atoms with Crippen molar-refractivity contribution in [3.63, 3.8) is 0 Å². The second-order valence-corrected chi connectivity index (χ2v) is 7.05. The first kappa shape index (κ1) is 20.4. The maximum absolute atomic E-state index is 12.5. The number of ether oxygens (including phenoxy) is 2. The quantitative estimate of drug-likeness (QED) is 0.447. The van der Waals surface area contributed by atoms with Gasteiger partial charge < -0.3 is 14.8 Å². The van der Waals surface area contributed by atoms with Crippen LogP contribution >= 0.6 is 0 Å². The summed E-state index contributed by atoms with van der Waals surface area (Å²) in [7, 11) is 1.62. The van der Waals surface area contributed by atoms with E-state index in [4.69, 9.17) is 9.47 Å². The molecule has 2 aromatic carbocycles. The predicted octanol–water partition coefficient (Wildman–Crippen LogP) is 4.97. The van der Waals surface area contributed by atoms with E-state index < -0.39 is 5.97 Å². The highest BCUT2D eigenvalue weighted by atomic mass is 16.5. The monoisotopic (exact) mass is 416 g/mol. The fourth-order valence-corrected chi connectivity index (χ4v) is 3.57. The van der Waals surface area contributed by atoms with E-state index in [1.807, 2.05) is 73.0 Å². The first-order valence-corrected chi connectivity index (χ1v) is 10.1. The molecule has 0 bridgehead atoms. The van der Waals surface area contributed by atoms with Crippen LogP contribution in [-0.4, -0.2) is 34.2 Å². The van der Waals surface area contributed by atoms with E-state index in [1.165, 1.54) is 0 Å². The van der Waals surface area contributed by atoms with Crippen molar-refractivity contribution < 1.29 is 14.3 Å². The van der Waals surface area contributed by atoms with Crippen molar-refractivity contribution in [2.45, 2.75) is 20.8 Å². The van der Waals surface area contributed by atoms with Gasteiger partial charge in [-0.05, 0) is 50.6 Å². The average Bonchev–Trinajstić information content (AvgIpc) is 3.04. The van der Waals surface area contributed by atoms with Crippen LogP contribution in [0.25, 0.3) is 16.7 Å². The predicted molar refractivity (Wildman–Crippen MR) is 121 cm³/mol. The zero-order chi connectivity index (χ0) is 22.0. The number of fused-ring (bicyclic) bond motifs is 1. The number of carbonyl (C=O) groups is 1. The van der Waals surface area contributed by atoms with E-state index in [0.717, 1.165) is 33.8 Å². The van der Waals surface area contributed by atoms with Crippen molar-refractivity contribution in [2.75, 3.05) is 19.0 Å². The van der Waals surface area contributed by atoms with E-state index >= 15 is 0 Å². The van der Waals surface area contributed by atoms with Gasteiger partial charge in [-0.15, -0.1) is 0 Å². The smallest absolute Gasteiger partial charge is 0.376 e. The molecule has 0 saturated heterocycles. The standard InChI is InChI=1S/C24H24N4O3/c1-5-31-24(29)22-26-21(25-17-10-9-13-19(14-17)30-4)20-15(2)16(3)28(23(20)27-22)18-11-7-6-8-12-18/h6-14H,5H2,1-4H3,(H,25,26,27). The number of methoxy groups -OCH3 is 1. The van der Waals surface area contributed by atoms with Crippen LogP contribution in [0.1, 0.15) is 28.8 Å². The number of nitrogens with one attached hydrogen (secondary N) is 1. The van der Waals surface area contributed by atoms with E-state index in [2.05, 4.69) is 15.3 Å². The number of benzene rings is 2. The van der Waals surface area contributed by atoms with Crippen LogP contribution < -0.4 is 10.1 Å². The highest BCUT2D eigenvalue weighted by molar-refractivity contribution is 5.98. The number of anilines is 2. The van der Waals surface area contributed by atoms with Crippen LogP contribution in [0.5, 0.6) is 5.75 Å². The molecular formula is C24H24N4O3. The van der Waals surface area contributed by atoms with Crippen LogP contribution in [-0.2, 0) is 4.74 Å². The lowest BCUT2D eigenvalue weighted by Crippen LogP contribution is -2.12. The Morgan fingerprint density at radius 2 is 1.84 bits per heavy atom. The normalized spacial score (nSPS) is 10.8. The number of rotatable bonds is 6. The lowest BCUT2D eigenvalue weighted by atomic mass is 10.2. The van der Waals surface area contributed by atoms with Crippen molar-refractivity contribution in [1.29, 1.82) is 0 Å². The third-order valence-electron chi connectivity index (χ3n) is 5.16. The zero-order valence-corrected chi connectivity index (χ0v) is 18.0. The Morgan fingerprint density at radius 3 is 2.55 bits per heavy atom. The molecule has 0 radical (unpaired) electrons. The van der Waals surface area contributed by atoms with Gasteiger partial charge in [-0.2, -0.15) is 0 Å². The number of carbonyl (C=O) groups excluding carboxylic acids is 1. The van der Waals surface area contributed by atoms with Gasteiger partial charge in [0.15, 0.2) is 5.65 Å². The Labute approximate surface area is 180 Å². The highest BCUT2D eigenvalue weighted by Gasteiger charge is 2.22. The molecule has 0 spiro atoms. The third kappa shape index (κ3) is 3.82. The average molecular weight is 416 g/mol. The summed E-state index contributed by atoms with van der Waals surface area (Å²) < 4.78 is 12.5. The van der Waals surface area contributed by atoms with E-state index in [-0.39, 0.29) is 12.4 Å². The summed E-state index contributed by atoms with van der Waals surface area (Å²) in [4.78, 5) is 21.7. The van der Waals surface area contributed by atoms with Crippen molar-refractivity contribution in [3.05, 3.63) is 71.7 Å². The minimum Gasteiger partial charge on any atom is -0.497 e. The van der Waals surface area contributed by atoms with Gasteiger partial charge in [0.05, 0.1) is 19.1 Å². The summed E-state index contributed by atoms with van der Waals surface area (Å²) in [6.07, 6.45) is 0. The molecule has 0 aliphatic heterocycles. The summed E-state index contributed by atoms with van der Waals surface area (Å²) in [6, 6.07) is 17.5. The van der Waals surface area contributed by atoms with Gasteiger partial charge in [-0.25, -0.2) is 14.8 Å². The van der Waals surface area contributed by atoms with E-state index in [0.29, 0.717) is 11.5 Å². The Bertz CT molecular complexity index is 1250. The Kier molecular flexibility index (Phi) is 5.58. The molecule has 7 heteroatoms. The van der Waals surface area contributed by atoms with Gasteiger partial charge in [-0.1, -0.05) is 24.3 Å². The Morgan fingerprint density at radius 1 is 1.06 bits per heavy atom. The molecule has 0 aliphatic rings. The number of para-hydroxylation sites is 1. The molecule has 0 saturated carbocycles. The molecule has 0 unspecified atom stereocenters. The zero-order valence-electron chi connectivity index (χ0n) is 18.0. The molecule has 4 rings (SSSR count). The molecule has 2 aromatic heterocycles. The molecule has 31 heavy (non-hydrogen) atoms. The number of aromatic nitrogens is 3. The lowest BCUT2D eigenvalue weighted by Gasteiger charge is -2.12. The lowest BCUT2D eigenvalue weighted by molar-refractivity contribution is 0.0512. The molecule has 0 fully saturated rings. The Hall–Kier alpha value is -3.87. The number of nitrogens with zero attached hydrogens (tertiary/aromatic N) is 3. The summed E-state index contributed by atoms with van der Waals surface area (Å²) in [6.45, 7) is 6.06. The van der Waals surface area contributed by atoms with Crippen molar-refractivity contribution in [3.8, 4) is 11.4 Å². The van der Waals surface area contributed by atoms with Crippen molar-refractivity contribution >= 4 is 28.5 Å². The molecular weight excluding hydrogens is 392 g/mol. The maximum Gasteiger partial charge on any atom is 0.376 e. The summed E-state index contributed by atoms with van der Waals surface area (Å²) in [5.74, 6) is 0.705. The molecule has 158 valence electrons. The molecule has 4 aromatic rings. The minimum absolute atomic E-state index is 0.00873. The Balaban J connectivity index is 1.96. The summed E-state index contributed by atoms with van der Waals surface area (Å²) >= 11 is 0. The first-order chi connectivity index (χ1) is 15.0. The number of hydrogen-bond donors (Lipinski definition) is 1. The van der Waals surface area contributed by atoms with Crippen LogP contribution in [0, 0.1) is 13.8 Å². The van der Waals surface area contributed by atoms with Crippen LogP contribution in [0.15, 0.2) is 54.6 Å². The van der Waals surface area contributed by atoms with Crippen molar-refractivity contribution in [2.24, 2.45) is 0 Å². The fraction of sp³-hybridized carbons (Fsp3) is 0.208. The summed E-state index contributed by atoms with van der Waals surface area (Å²) in [5, 5.41) is 4.18. The van der Waals surface area contributed by atoms with Gasteiger partial charge >= 0.3 is 5.97 Å². The van der Waals surface area contributed by atoms with E-state index in [9.17, 15) is 4.79 Å². The van der Waals surface area contributed by atoms with Crippen LogP contribution in [0.3, 0.4) is 0 Å². The van der Waals surface area contributed by atoms with Gasteiger partial charge in [0.2, 0.25) is 5.82 Å². The molecule has 1 N–H and O–H groups in total.